The van der Waals surface area contributed by atoms with Gasteiger partial charge in [-0.3, -0.25) is 9.59 Å². The zero-order chi connectivity index (χ0) is 12.8. The molecule has 4 fully saturated rings. The summed E-state index contributed by atoms with van der Waals surface area (Å²) in [5, 5.41) is 0.190. The highest BCUT2D eigenvalue weighted by Crippen LogP contribution is 2.55. The molecule has 2 unspecified atom stereocenters. The van der Waals surface area contributed by atoms with Crippen LogP contribution in [0.4, 0.5) is 0 Å². The van der Waals surface area contributed by atoms with Crippen LogP contribution in [0.1, 0.15) is 32.1 Å². The van der Waals surface area contributed by atoms with Gasteiger partial charge in [0.1, 0.15) is 11.1 Å². The number of ketones is 1. The summed E-state index contributed by atoms with van der Waals surface area (Å²) in [5.41, 5.74) is -0.197. The van der Waals surface area contributed by atoms with Crippen LogP contribution >= 0.6 is 15.9 Å². The van der Waals surface area contributed by atoms with Crippen molar-refractivity contribution in [3.8, 4) is 0 Å². The second-order valence-corrected chi connectivity index (χ2v) is 6.40. The van der Waals surface area contributed by atoms with Crippen molar-refractivity contribution in [2.45, 2.75) is 37.7 Å². The van der Waals surface area contributed by atoms with Gasteiger partial charge in [-0.25, -0.2) is 0 Å². The summed E-state index contributed by atoms with van der Waals surface area (Å²) in [5.74, 6) is 1.16. The number of hydrogen-bond acceptors (Lipinski definition) is 4. The lowest BCUT2D eigenvalue weighted by atomic mass is 9.53. The molecule has 100 valence electrons. The first-order valence-electron chi connectivity index (χ1n) is 6.51. The topological polar surface area (TPSA) is 52.6 Å². The molecule has 0 aromatic carbocycles. The van der Waals surface area contributed by atoms with E-state index in [9.17, 15) is 9.59 Å². The number of carbonyl (C=O) groups excluding carboxylic acids is 2. The lowest BCUT2D eigenvalue weighted by Crippen LogP contribution is -2.56. The van der Waals surface area contributed by atoms with Crippen molar-refractivity contribution in [3.63, 3.8) is 0 Å². The molecule has 0 aromatic rings. The normalized spacial score (nSPS) is 41.2. The van der Waals surface area contributed by atoms with Crippen LogP contribution in [0.3, 0.4) is 0 Å². The molecule has 4 saturated carbocycles. The molecule has 4 nitrogen and oxygen atoms in total. The number of rotatable bonds is 4. The van der Waals surface area contributed by atoms with Crippen LogP contribution < -0.4 is 0 Å². The van der Waals surface area contributed by atoms with Gasteiger partial charge in [-0.2, -0.15) is 0 Å². The molecule has 4 aliphatic carbocycles. The standard InChI is InChI=1S/C13H17BrO4/c14-6-11(15)17-7-18-13-3-8-1-9(4-13)12(16)10(2-8)5-13/h8-10H,1-7H2. The average Bonchev–Trinajstić information content (AvgIpc) is 2.34. The largest absolute Gasteiger partial charge is 0.438 e. The summed E-state index contributed by atoms with van der Waals surface area (Å²) in [7, 11) is 0. The smallest absolute Gasteiger partial charge is 0.318 e. The highest BCUT2D eigenvalue weighted by Gasteiger charge is 2.55. The summed E-state index contributed by atoms with van der Waals surface area (Å²) in [6.07, 6.45) is 4.76. The van der Waals surface area contributed by atoms with Gasteiger partial charge in [-0.05, 0) is 38.0 Å². The van der Waals surface area contributed by atoms with Crippen LogP contribution in [-0.2, 0) is 19.1 Å². The van der Waals surface area contributed by atoms with Crippen molar-refractivity contribution < 1.29 is 19.1 Å². The minimum absolute atomic E-state index is 0.0186. The van der Waals surface area contributed by atoms with Gasteiger partial charge >= 0.3 is 5.97 Å². The fraction of sp³-hybridized carbons (Fsp3) is 0.846. The SMILES string of the molecule is O=C(CBr)OCOC12CC3CC(C1)C(=O)C(C3)C2. The molecule has 4 rings (SSSR count). The number of hydrogen-bond donors (Lipinski definition) is 0. The molecule has 0 saturated heterocycles. The van der Waals surface area contributed by atoms with Crippen LogP contribution in [-0.4, -0.2) is 29.5 Å². The third-order valence-electron chi connectivity index (χ3n) is 4.63. The van der Waals surface area contributed by atoms with E-state index in [2.05, 4.69) is 15.9 Å². The highest BCUT2D eigenvalue weighted by molar-refractivity contribution is 9.09. The predicted molar refractivity (Wildman–Crippen MR) is 67.1 cm³/mol. The monoisotopic (exact) mass is 316 g/mol. The lowest BCUT2D eigenvalue weighted by Gasteiger charge is -2.54. The van der Waals surface area contributed by atoms with Crippen LogP contribution in [0, 0.1) is 17.8 Å². The van der Waals surface area contributed by atoms with E-state index in [-0.39, 0.29) is 35.5 Å². The molecular weight excluding hydrogens is 300 g/mol. The molecule has 4 bridgehead atoms. The summed E-state index contributed by atoms with van der Waals surface area (Å²) in [6, 6.07) is 0. The highest BCUT2D eigenvalue weighted by atomic mass is 79.9. The maximum absolute atomic E-state index is 12.0. The Hall–Kier alpha value is -0.420. The molecule has 2 atom stereocenters. The predicted octanol–water partition coefficient (Wildman–Crippen LogP) is 2.05. The van der Waals surface area contributed by atoms with E-state index >= 15 is 0 Å². The minimum atomic E-state index is -0.309. The third kappa shape index (κ3) is 2.11. The Labute approximate surface area is 115 Å². The zero-order valence-electron chi connectivity index (χ0n) is 10.2. The summed E-state index contributed by atoms with van der Waals surface area (Å²) in [6.45, 7) is 0.0186. The molecular formula is C13H17BrO4. The zero-order valence-corrected chi connectivity index (χ0v) is 11.8. The van der Waals surface area contributed by atoms with E-state index in [1.165, 1.54) is 0 Å². The second-order valence-electron chi connectivity index (χ2n) is 5.84. The van der Waals surface area contributed by atoms with E-state index in [0.717, 1.165) is 32.1 Å². The Kier molecular flexibility index (Phi) is 3.22. The molecule has 0 spiro atoms. The Bertz CT molecular complexity index is 363. The Morgan fingerprint density at radius 3 is 2.56 bits per heavy atom. The van der Waals surface area contributed by atoms with Crippen molar-refractivity contribution >= 4 is 27.7 Å². The Morgan fingerprint density at radius 2 is 1.94 bits per heavy atom. The van der Waals surface area contributed by atoms with Crippen LogP contribution in [0.2, 0.25) is 0 Å². The number of ether oxygens (including phenoxy) is 2. The van der Waals surface area contributed by atoms with Gasteiger partial charge < -0.3 is 9.47 Å². The van der Waals surface area contributed by atoms with Gasteiger partial charge in [0, 0.05) is 11.8 Å². The molecule has 4 aliphatic rings. The van der Waals surface area contributed by atoms with Crippen LogP contribution in [0.5, 0.6) is 0 Å². The molecule has 0 radical (unpaired) electrons. The van der Waals surface area contributed by atoms with Crippen molar-refractivity contribution in [3.05, 3.63) is 0 Å². The molecule has 0 aliphatic heterocycles. The molecule has 0 heterocycles. The third-order valence-corrected chi connectivity index (χ3v) is 5.09. The number of halogens is 1. The van der Waals surface area contributed by atoms with Gasteiger partial charge in [-0.1, -0.05) is 15.9 Å². The quantitative estimate of drug-likeness (QED) is 0.452. The van der Waals surface area contributed by atoms with Gasteiger partial charge in [0.25, 0.3) is 0 Å². The Balaban J connectivity index is 1.62. The van der Waals surface area contributed by atoms with Gasteiger partial charge in [0.2, 0.25) is 0 Å². The van der Waals surface area contributed by atoms with E-state index in [4.69, 9.17) is 9.47 Å². The number of carbonyl (C=O) groups is 2. The van der Waals surface area contributed by atoms with Crippen molar-refractivity contribution in [1.29, 1.82) is 0 Å². The van der Waals surface area contributed by atoms with E-state index in [1.807, 2.05) is 0 Å². The molecule has 0 amide bonds. The summed E-state index contributed by atoms with van der Waals surface area (Å²) >= 11 is 3.04. The van der Waals surface area contributed by atoms with Crippen molar-refractivity contribution in [2.24, 2.45) is 17.8 Å². The number of esters is 1. The fourth-order valence-corrected chi connectivity index (χ4v) is 4.27. The first-order valence-corrected chi connectivity index (χ1v) is 7.63. The lowest BCUT2D eigenvalue weighted by molar-refractivity contribution is -0.208. The minimum Gasteiger partial charge on any atom is -0.438 e. The second kappa shape index (κ2) is 4.60. The molecule has 18 heavy (non-hydrogen) atoms. The van der Waals surface area contributed by atoms with E-state index in [1.54, 1.807) is 0 Å². The summed E-state index contributed by atoms with van der Waals surface area (Å²) < 4.78 is 10.8. The molecule has 0 aromatic heterocycles. The maximum Gasteiger partial charge on any atom is 0.318 e. The van der Waals surface area contributed by atoms with E-state index < -0.39 is 0 Å². The molecule has 0 N–H and O–H groups in total. The van der Waals surface area contributed by atoms with Crippen molar-refractivity contribution in [1.82, 2.24) is 0 Å². The average molecular weight is 317 g/mol. The maximum atomic E-state index is 12.0. The van der Waals surface area contributed by atoms with Gasteiger partial charge in [-0.15, -0.1) is 0 Å². The fourth-order valence-electron chi connectivity index (χ4n) is 4.11. The first kappa shape index (κ1) is 12.6. The van der Waals surface area contributed by atoms with Crippen molar-refractivity contribution in [2.75, 3.05) is 12.1 Å². The van der Waals surface area contributed by atoms with Gasteiger partial charge in [0.15, 0.2) is 6.79 Å². The van der Waals surface area contributed by atoms with Crippen LogP contribution in [0.25, 0.3) is 0 Å². The number of Topliss-reactive ketones (excluding diaryl/α,β-unsaturated/α-hetero) is 1. The van der Waals surface area contributed by atoms with Gasteiger partial charge in [0.05, 0.1) is 5.60 Å². The number of alkyl halides is 1. The molecule has 5 heteroatoms. The van der Waals surface area contributed by atoms with E-state index in [0.29, 0.717) is 11.7 Å². The summed E-state index contributed by atoms with van der Waals surface area (Å²) in [4.78, 5) is 23.0. The Morgan fingerprint density at radius 1 is 1.28 bits per heavy atom. The van der Waals surface area contributed by atoms with Crippen LogP contribution in [0.15, 0.2) is 0 Å². The first-order chi connectivity index (χ1) is 8.62.